The molecule has 209 valence electrons. The number of rotatable bonds is 4. The molecule has 1 aromatic heterocycles. The fraction of sp³-hybridized carbons (Fsp3) is 0.559. The Morgan fingerprint density at radius 1 is 0.947 bits per heavy atom. The van der Waals surface area contributed by atoms with Crippen molar-refractivity contribution in [3.8, 4) is 11.3 Å². The van der Waals surface area contributed by atoms with Crippen LogP contribution < -0.4 is 0 Å². The molecule has 2 N–H and O–H groups in total. The van der Waals surface area contributed by atoms with Gasteiger partial charge in [0, 0.05) is 32.2 Å². The van der Waals surface area contributed by atoms with Crippen molar-refractivity contribution in [3.05, 3.63) is 65.4 Å². The summed E-state index contributed by atoms with van der Waals surface area (Å²) in [4.78, 5) is 4.60. The Kier molecular flexibility index (Phi) is 9.68. The molecule has 4 heteroatoms. The Morgan fingerprint density at radius 2 is 1.55 bits per heavy atom. The summed E-state index contributed by atoms with van der Waals surface area (Å²) in [6.45, 7) is 17.3. The van der Waals surface area contributed by atoms with E-state index < -0.39 is 0 Å². The van der Waals surface area contributed by atoms with Crippen molar-refractivity contribution in [2.24, 2.45) is 22.7 Å². The summed E-state index contributed by atoms with van der Waals surface area (Å²) in [5.41, 5.74) is 5.94. The minimum atomic E-state index is -0.314. The fourth-order valence-electron chi connectivity index (χ4n) is 6.90. The van der Waals surface area contributed by atoms with E-state index in [1.165, 1.54) is 21.9 Å². The van der Waals surface area contributed by atoms with Gasteiger partial charge in [0.05, 0.1) is 12.2 Å². The zero-order valence-corrected chi connectivity index (χ0v) is 26.8. The number of benzene rings is 2. The summed E-state index contributed by atoms with van der Waals surface area (Å²) >= 11 is 0. The number of aliphatic hydroxyl groups excluding tert-OH is 2. The van der Waals surface area contributed by atoms with Gasteiger partial charge in [-0.2, -0.15) is 0 Å². The molecule has 4 atom stereocenters. The van der Waals surface area contributed by atoms with Gasteiger partial charge in [-0.25, -0.2) is 0 Å². The minimum absolute atomic E-state index is 0. The van der Waals surface area contributed by atoms with Gasteiger partial charge in [0.15, 0.2) is 0 Å². The van der Waals surface area contributed by atoms with Crippen LogP contribution in [0, 0.1) is 42.6 Å². The van der Waals surface area contributed by atoms with Crippen molar-refractivity contribution in [2.75, 3.05) is 0 Å². The molecule has 2 aromatic carbocycles. The van der Waals surface area contributed by atoms with Crippen LogP contribution in [-0.2, 0) is 20.1 Å². The van der Waals surface area contributed by atoms with Gasteiger partial charge in [-0.3, -0.25) is 0 Å². The zero-order valence-electron chi connectivity index (χ0n) is 24.4. The second-order valence-electron chi connectivity index (χ2n) is 12.7. The van der Waals surface area contributed by atoms with E-state index in [2.05, 4.69) is 103 Å². The standard InChI is InChI=1S/C20H20N.C14H26O2.Ir/c1-13(2)16-5-6-19-17(12-16)7-8-21-20(19)18-10-14(3)9-15(4)11-18;1-5-13(3)7-9-8-14(4,6-2)12(16)10(9)11(13)15;/h5-10,12-13H,1-4H3;9-12,15-16H,5-8H2,1-4H3;/q-1;;/t;9?,10?,11?,12?,13-,14-;/m.0./s1. The van der Waals surface area contributed by atoms with Crippen LogP contribution in [0.4, 0.5) is 0 Å². The van der Waals surface area contributed by atoms with Crippen LogP contribution in [-0.4, -0.2) is 27.4 Å². The molecule has 5 rings (SSSR count). The molecule has 2 aliphatic carbocycles. The van der Waals surface area contributed by atoms with Gasteiger partial charge in [0.2, 0.25) is 0 Å². The molecule has 2 saturated carbocycles. The van der Waals surface area contributed by atoms with E-state index in [4.69, 9.17) is 0 Å². The maximum atomic E-state index is 10.5. The third kappa shape index (κ3) is 5.80. The molecule has 0 aliphatic heterocycles. The summed E-state index contributed by atoms with van der Waals surface area (Å²) in [7, 11) is 0. The van der Waals surface area contributed by atoms with Crippen LogP contribution in [0.2, 0.25) is 0 Å². The first-order chi connectivity index (χ1) is 17.4. The second-order valence-corrected chi connectivity index (χ2v) is 12.7. The summed E-state index contributed by atoms with van der Waals surface area (Å²) in [6.07, 6.45) is 5.46. The predicted molar refractivity (Wildman–Crippen MR) is 155 cm³/mol. The normalized spacial score (nSPS) is 30.1. The molecule has 38 heavy (non-hydrogen) atoms. The number of fused-ring (bicyclic) bond motifs is 2. The number of nitrogens with zero attached hydrogens (tertiary/aromatic N) is 1. The molecule has 1 heterocycles. The zero-order chi connectivity index (χ0) is 27.1. The van der Waals surface area contributed by atoms with Crippen LogP contribution in [0.3, 0.4) is 0 Å². The van der Waals surface area contributed by atoms with Gasteiger partial charge in [0.25, 0.3) is 0 Å². The predicted octanol–water partition coefficient (Wildman–Crippen LogP) is 8.02. The summed E-state index contributed by atoms with van der Waals surface area (Å²) < 4.78 is 0. The number of hydrogen-bond acceptors (Lipinski definition) is 3. The number of hydrogen-bond donors (Lipinski definition) is 2. The Bertz CT molecular complexity index is 1210. The number of aromatic nitrogens is 1. The van der Waals surface area contributed by atoms with Crippen molar-refractivity contribution in [3.63, 3.8) is 0 Å². The maximum Gasteiger partial charge on any atom is 0.0649 e. The first kappa shape index (κ1) is 31.0. The van der Waals surface area contributed by atoms with Gasteiger partial charge >= 0.3 is 0 Å². The van der Waals surface area contributed by atoms with Crippen molar-refractivity contribution >= 4 is 10.8 Å². The molecule has 1 radical (unpaired) electrons. The van der Waals surface area contributed by atoms with Crippen molar-refractivity contribution in [2.45, 2.75) is 99.2 Å². The molecule has 3 nitrogen and oxygen atoms in total. The molecule has 0 saturated heterocycles. The van der Waals surface area contributed by atoms with Gasteiger partial charge in [-0.15, -0.1) is 34.9 Å². The molecule has 2 aliphatic rings. The van der Waals surface area contributed by atoms with Gasteiger partial charge in [-0.05, 0) is 76.4 Å². The summed E-state index contributed by atoms with van der Waals surface area (Å²) in [5.74, 6) is 1.19. The number of aryl methyl sites for hydroxylation is 2. The van der Waals surface area contributed by atoms with E-state index >= 15 is 0 Å². The van der Waals surface area contributed by atoms with Crippen molar-refractivity contribution in [1.82, 2.24) is 4.98 Å². The molecule has 2 fully saturated rings. The average molecular weight is 693 g/mol. The largest absolute Gasteiger partial charge is 0.392 e. The Morgan fingerprint density at radius 3 is 2.05 bits per heavy atom. The van der Waals surface area contributed by atoms with Gasteiger partial charge < -0.3 is 15.2 Å². The quantitative estimate of drug-likeness (QED) is 0.273. The molecule has 0 bridgehead atoms. The van der Waals surface area contributed by atoms with Crippen molar-refractivity contribution < 1.29 is 30.3 Å². The first-order valence-corrected chi connectivity index (χ1v) is 14.2. The molecular weight excluding hydrogens is 647 g/mol. The Balaban J connectivity index is 0.000000213. The molecule has 0 amide bonds. The first-order valence-electron chi connectivity index (χ1n) is 14.2. The second kappa shape index (κ2) is 11.9. The van der Waals surface area contributed by atoms with E-state index in [1.54, 1.807) is 0 Å². The smallest absolute Gasteiger partial charge is 0.0649 e. The Labute approximate surface area is 243 Å². The molecule has 0 spiro atoms. The monoisotopic (exact) mass is 693 g/mol. The van der Waals surface area contributed by atoms with Crippen LogP contribution >= 0.6 is 0 Å². The Hall–Kier alpha value is -1.58. The SMILES string of the molecule is CC[C@@]1(C)CC2C[C@](C)(CC)C(O)C2C1O.Cc1[c-]c(-c2nccc3cc(C(C)C)ccc23)cc(C)c1.[Ir]. The average Bonchev–Trinajstić information content (AvgIpc) is 3.26. The maximum absolute atomic E-state index is 10.5. The fourth-order valence-corrected chi connectivity index (χ4v) is 6.90. The molecule has 2 unspecified atom stereocenters. The van der Waals surface area contributed by atoms with Gasteiger partial charge in [0.1, 0.15) is 0 Å². The van der Waals surface area contributed by atoms with Crippen LogP contribution in [0.15, 0.2) is 42.6 Å². The number of aliphatic hydroxyl groups is 2. The van der Waals surface area contributed by atoms with E-state index in [-0.39, 0.29) is 49.1 Å². The number of pyridine rings is 1. The van der Waals surface area contributed by atoms with Crippen LogP contribution in [0.5, 0.6) is 0 Å². The van der Waals surface area contributed by atoms with Crippen LogP contribution in [0.1, 0.15) is 89.8 Å². The summed E-state index contributed by atoms with van der Waals surface area (Å²) in [6, 6.07) is 16.5. The minimum Gasteiger partial charge on any atom is -0.392 e. The molecule has 3 aromatic rings. The van der Waals surface area contributed by atoms with Crippen molar-refractivity contribution in [1.29, 1.82) is 0 Å². The van der Waals surface area contributed by atoms with Gasteiger partial charge in [-0.1, -0.05) is 73.6 Å². The van der Waals surface area contributed by atoms with E-state index in [0.717, 1.165) is 42.5 Å². The summed E-state index contributed by atoms with van der Waals surface area (Å²) in [5, 5.41) is 23.4. The van der Waals surface area contributed by atoms with E-state index in [9.17, 15) is 10.2 Å². The topological polar surface area (TPSA) is 53.4 Å². The van der Waals surface area contributed by atoms with E-state index in [0.29, 0.717) is 11.8 Å². The third-order valence-electron chi connectivity index (χ3n) is 9.63. The van der Waals surface area contributed by atoms with E-state index in [1.807, 2.05) is 6.20 Å². The van der Waals surface area contributed by atoms with Crippen LogP contribution in [0.25, 0.3) is 22.0 Å². The molecular formula is C34H46IrNO2-. The third-order valence-corrected chi connectivity index (χ3v) is 9.63.